The lowest BCUT2D eigenvalue weighted by molar-refractivity contribution is -0.130. The number of benzene rings is 3. The van der Waals surface area contributed by atoms with Crippen LogP contribution >= 0.6 is 23.8 Å². The van der Waals surface area contributed by atoms with Crippen molar-refractivity contribution in [2.45, 2.75) is 32.5 Å². The molecule has 2 N–H and O–H groups in total. The second kappa shape index (κ2) is 8.73. The number of methoxy groups -OCH3 is 1. The molecule has 1 fully saturated rings. The van der Waals surface area contributed by atoms with Gasteiger partial charge in [-0.2, -0.15) is 0 Å². The molecular formula is C27H26ClN3O3S. The number of anilines is 2. The Morgan fingerprint density at radius 3 is 2.57 bits per heavy atom. The van der Waals surface area contributed by atoms with Gasteiger partial charge in [0.05, 0.1) is 18.8 Å². The van der Waals surface area contributed by atoms with Crippen LogP contribution in [0.2, 0.25) is 5.02 Å². The standard InChI is InChI=1S/C27H26ClN3O3S/c1-15-7-5-9-20(16(15)2)31-26(35)30-23-19-8-6-10-21(33-4)24(19)34-27(31,3)22(23)25(32)29-18-13-11-17(28)12-14-18/h5-14,22-23H,1-4H3,(H,29,32)(H,30,35)/t22-,23-,27-/m1/s1. The van der Waals surface area contributed by atoms with E-state index in [4.69, 9.17) is 33.3 Å². The molecular weight excluding hydrogens is 482 g/mol. The van der Waals surface area contributed by atoms with Gasteiger partial charge in [-0.1, -0.05) is 35.9 Å². The number of amides is 1. The zero-order valence-corrected chi connectivity index (χ0v) is 21.5. The Labute approximate surface area is 215 Å². The van der Waals surface area contributed by atoms with Gasteiger partial charge in [0.25, 0.3) is 0 Å². The second-order valence-corrected chi connectivity index (χ2v) is 9.81. The summed E-state index contributed by atoms with van der Waals surface area (Å²) in [5.74, 6) is 0.358. The van der Waals surface area contributed by atoms with E-state index in [2.05, 4.69) is 23.6 Å². The van der Waals surface area contributed by atoms with Gasteiger partial charge in [0, 0.05) is 16.3 Å². The van der Waals surface area contributed by atoms with Gasteiger partial charge in [-0.25, -0.2) is 0 Å². The maximum absolute atomic E-state index is 13.9. The first-order valence-electron chi connectivity index (χ1n) is 11.3. The highest BCUT2D eigenvalue weighted by molar-refractivity contribution is 7.80. The minimum absolute atomic E-state index is 0.196. The molecule has 2 aliphatic heterocycles. The zero-order valence-electron chi connectivity index (χ0n) is 19.9. The number of hydrogen-bond acceptors (Lipinski definition) is 4. The van der Waals surface area contributed by atoms with E-state index in [1.54, 1.807) is 31.4 Å². The van der Waals surface area contributed by atoms with E-state index in [0.29, 0.717) is 27.3 Å². The number of nitrogens with one attached hydrogen (secondary N) is 2. The summed E-state index contributed by atoms with van der Waals surface area (Å²) in [7, 11) is 1.61. The lowest BCUT2D eigenvalue weighted by Crippen LogP contribution is -2.72. The summed E-state index contributed by atoms with van der Waals surface area (Å²) in [6, 6.07) is 18.3. The molecule has 35 heavy (non-hydrogen) atoms. The van der Waals surface area contributed by atoms with Crippen molar-refractivity contribution in [1.82, 2.24) is 5.32 Å². The maximum Gasteiger partial charge on any atom is 0.236 e. The van der Waals surface area contributed by atoms with Gasteiger partial charge >= 0.3 is 0 Å². The largest absolute Gasteiger partial charge is 0.493 e. The van der Waals surface area contributed by atoms with Crippen LogP contribution in [0.1, 0.15) is 29.7 Å². The van der Waals surface area contributed by atoms with Gasteiger partial charge in [0.15, 0.2) is 22.3 Å². The molecule has 2 aliphatic rings. The van der Waals surface area contributed by atoms with Crippen molar-refractivity contribution in [2.24, 2.45) is 5.92 Å². The van der Waals surface area contributed by atoms with E-state index < -0.39 is 17.7 Å². The van der Waals surface area contributed by atoms with Crippen LogP contribution in [0, 0.1) is 19.8 Å². The van der Waals surface area contributed by atoms with Crippen molar-refractivity contribution in [2.75, 3.05) is 17.3 Å². The SMILES string of the molecule is COc1cccc2c1O[C@]1(C)[C@@H](C(=O)Nc3ccc(Cl)cc3)[C@@H]2NC(=S)N1c1cccc(C)c1C. The minimum Gasteiger partial charge on any atom is -0.493 e. The van der Waals surface area contributed by atoms with Crippen molar-refractivity contribution >= 4 is 46.2 Å². The topological polar surface area (TPSA) is 62.8 Å². The number of thiocarbonyl (C=S) groups is 1. The molecule has 1 amide bonds. The third-order valence-electron chi connectivity index (χ3n) is 6.92. The molecule has 1 saturated heterocycles. The summed E-state index contributed by atoms with van der Waals surface area (Å²) in [6.45, 7) is 6.01. The van der Waals surface area contributed by atoms with Gasteiger partial charge in [-0.05, 0) is 80.5 Å². The van der Waals surface area contributed by atoms with Gasteiger partial charge in [-0.15, -0.1) is 0 Å². The Morgan fingerprint density at radius 2 is 1.86 bits per heavy atom. The number of aryl methyl sites for hydroxylation is 1. The average Bonchev–Trinajstić information content (AvgIpc) is 2.82. The third kappa shape index (κ3) is 3.79. The van der Waals surface area contributed by atoms with E-state index in [0.717, 1.165) is 22.4 Å². The van der Waals surface area contributed by atoms with E-state index in [1.165, 1.54) is 0 Å². The smallest absolute Gasteiger partial charge is 0.236 e. The van der Waals surface area contributed by atoms with Crippen LogP contribution < -0.4 is 25.0 Å². The number of rotatable bonds is 4. The molecule has 0 aromatic heterocycles. The fraction of sp³-hybridized carbons (Fsp3) is 0.259. The Balaban J connectivity index is 1.67. The first-order chi connectivity index (χ1) is 16.7. The highest BCUT2D eigenvalue weighted by atomic mass is 35.5. The molecule has 3 atom stereocenters. The summed E-state index contributed by atoms with van der Waals surface area (Å²) in [5, 5.41) is 7.58. The lowest BCUT2D eigenvalue weighted by atomic mass is 9.78. The van der Waals surface area contributed by atoms with Crippen LogP contribution in [0.25, 0.3) is 0 Å². The molecule has 0 unspecified atom stereocenters. The van der Waals surface area contributed by atoms with Crippen LogP contribution in [-0.4, -0.2) is 23.9 Å². The van der Waals surface area contributed by atoms with Crippen molar-refractivity contribution in [3.05, 3.63) is 82.4 Å². The highest BCUT2D eigenvalue weighted by Gasteiger charge is 2.59. The molecule has 8 heteroatoms. The molecule has 0 spiro atoms. The van der Waals surface area contributed by atoms with Crippen LogP contribution in [0.5, 0.6) is 11.5 Å². The first-order valence-corrected chi connectivity index (χ1v) is 12.1. The quantitative estimate of drug-likeness (QED) is 0.437. The van der Waals surface area contributed by atoms with Crippen molar-refractivity contribution < 1.29 is 14.3 Å². The molecule has 6 nitrogen and oxygen atoms in total. The predicted molar refractivity (Wildman–Crippen MR) is 142 cm³/mol. The maximum atomic E-state index is 13.9. The van der Waals surface area contributed by atoms with Crippen LogP contribution in [0.4, 0.5) is 11.4 Å². The van der Waals surface area contributed by atoms with Crippen molar-refractivity contribution in [1.29, 1.82) is 0 Å². The van der Waals surface area contributed by atoms with Crippen LogP contribution in [-0.2, 0) is 4.79 Å². The molecule has 5 rings (SSSR count). The fourth-order valence-electron chi connectivity index (χ4n) is 5.03. The summed E-state index contributed by atoms with van der Waals surface area (Å²) < 4.78 is 12.3. The van der Waals surface area contributed by atoms with E-state index in [-0.39, 0.29) is 5.91 Å². The number of para-hydroxylation sites is 1. The minimum atomic E-state index is -1.14. The highest BCUT2D eigenvalue weighted by Crippen LogP contribution is 2.53. The molecule has 3 aromatic carbocycles. The van der Waals surface area contributed by atoms with Crippen molar-refractivity contribution in [3.63, 3.8) is 0 Å². The van der Waals surface area contributed by atoms with Gasteiger partial charge in [0.2, 0.25) is 5.91 Å². The summed E-state index contributed by atoms with van der Waals surface area (Å²) in [6.07, 6.45) is 0. The normalized spacial score (nSPS) is 22.5. The number of halogens is 1. The zero-order chi connectivity index (χ0) is 24.9. The molecule has 2 heterocycles. The Bertz CT molecular complexity index is 1330. The van der Waals surface area contributed by atoms with Crippen LogP contribution in [0.15, 0.2) is 60.7 Å². The molecule has 0 saturated carbocycles. The number of hydrogen-bond donors (Lipinski definition) is 2. The lowest BCUT2D eigenvalue weighted by Gasteiger charge is -2.56. The predicted octanol–water partition coefficient (Wildman–Crippen LogP) is 5.76. The van der Waals surface area contributed by atoms with Gasteiger partial charge in [-0.3, -0.25) is 9.69 Å². The Hall–Kier alpha value is -3.29. The molecule has 0 radical (unpaired) electrons. The number of ether oxygens (including phenoxy) is 2. The van der Waals surface area contributed by atoms with Crippen molar-refractivity contribution in [3.8, 4) is 11.5 Å². The first kappa shape index (κ1) is 23.5. The molecule has 180 valence electrons. The van der Waals surface area contributed by atoms with Gasteiger partial charge in [0.1, 0.15) is 5.92 Å². The van der Waals surface area contributed by atoms with E-state index >= 15 is 0 Å². The van der Waals surface area contributed by atoms with E-state index in [1.807, 2.05) is 49.1 Å². The number of nitrogens with zero attached hydrogens (tertiary/aromatic N) is 1. The van der Waals surface area contributed by atoms with E-state index in [9.17, 15) is 4.79 Å². The molecule has 2 bridgehead atoms. The summed E-state index contributed by atoms with van der Waals surface area (Å²) >= 11 is 11.9. The molecule has 0 aliphatic carbocycles. The number of carbonyl (C=O) groups is 1. The Kier molecular flexibility index (Phi) is 5.85. The van der Waals surface area contributed by atoms with Gasteiger partial charge < -0.3 is 20.1 Å². The second-order valence-electron chi connectivity index (χ2n) is 8.99. The monoisotopic (exact) mass is 507 g/mol. The number of fused-ring (bicyclic) bond motifs is 4. The number of carbonyl (C=O) groups excluding carboxylic acids is 1. The fourth-order valence-corrected chi connectivity index (χ4v) is 5.56. The summed E-state index contributed by atoms with van der Waals surface area (Å²) in [5.41, 5.74) is 3.39. The average molecular weight is 508 g/mol. The third-order valence-corrected chi connectivity index (χ3v) is 7.47. The van der Waals surface area contributed by atoms with Crippen LogP contribution in [0.3, 0.4) is 0 Å². The summed E-state index contributed by atoms with van der Waals surface area (Å²) in [4.78, 5) is 15.8. The molecule has 3 aromatic rings. The Morgan fingerprint density at radius 1 is 1.14 bits per heavy atom.